The summed E-state index contributed by atoms with van der Waals surface area (Å²) in [5.74, 6) is 0.997. The largest absolute Gasteiger partial charge is 0.354 e. The Morgan fingerprint density at radius 2 is 2.20 bits per heavy atom. The van der Waals surface area contributed by atoms with Crippen molar-refractivity contribution in [2.45, 2.75) is 26.3 Å². The van der Waals surface area contributed by atoms with Crippen LogP contribution in [-0.2, 0) is 6.54 Å². The number of imidazole rings is 1. The Labute approximate surface area is 91.3 Å². The average molecular weight is 208 g/mol. The second-order valence-electron chi connectivity index (χ2n) is 4.01. The number of anilines is 1. The first-order valence-corrected chi connectivity index (χ1v) is 5.87. The van der Waals surface area contributed by atoms with Gasteiger partial charge in [0.2, 0.25) is 5.95 Å². The van der Waals surface area contributed by atoms with Crippen LogP contribution in [0.3, 0.4) is 0 Å². The Kier molecular flexibility index (Phi) is 3.61. The van der Waals surface area contributed by atoms with Gasteiger partial charge in [-0.2, -0.15) is 0 Å². The molecule has 0 aromatic carbocycles. The zero-order chi connectivity index (χ0) is 10.5. The fourth-order valence-electron chi connectivity index (χ4n) is 2.06. The van der Waals surface area contributed by atoms with Crippen LogP contribution in [0.2, 0.25) is 0 Å². The molecular weight excluding hydrogens is 188 g/mol. The van der Waals surface area contributed by atoms with E-state index in [2.05, 4.69) is 26.7 Å². The lowest BCUT2D eigenvalue weighted by molar-refractivity contribution is 0.352. The topological polar surface area (TPSA) is 33.1 Å². The second-order valence-corrected chi connectivity index (χ2v) is 4.01. The van der Waals surface area contributed by atoms with E-state index in [4.69, 9.17) is 0 Å². The predicted molar refractivity (Wildman–Crippen MR) is 62.1 cm³/mol. The standard InChI is InChI=1S/C11H20N4/c1-2-15-10-6-13-11(15)12-5-9-14-7-3-4-8-14/h6,10H,2-5,7-9H2,1H3,(H,12,13). The van der Waals surface area contributed by atoms with Crippen molar-refractivity contribution < 1.29 is 0 Å². The molecule has 84 valence electrons. The minimum atomic E-state index is 0.978. The van der Waals surface area contributed by atoms with Crippen molar-refractivity contribution >= 4 is 5.95 Å². The molecule has 0 aliphatic carbocycles. The van der Waals surface area contributed by atoms with Gasteiger partial charge < -0.3 is 14.8 Å². The molecule has 0 bridgehead atoms. The Hall–Kier alpha value is -1.03. The highest BCUT2D eigenvalue weighted by Gasteiger charge is 2.10. The molecule has 0 amide bonds. The van der Waals surface area contributed by atoms with Crippen molar-refractivity contribution in [1.29, 1.82) is 0 Å². The third-order valence-corrected chi connectivity index (χ3v) is 2.97. The van der Waals surface area contributed by atoms with Gasteiger partial charge in [-0.1, -0.05) is 0 Å². The van der Waals surface area contributed by atoms with Crippen LogP contribution in [0.1, 0.15) is 19.8 Å². The molecule has 0 radical (unpaired) electrons. The maximum absolute atomic E-state index is 4.28. The van der Waals surface area contributed by atoms with E-state index < -0.39 is 0 Å². The van der Waals surface area contributed by atoms with E-state index in [9.17, 15) is 0 Å². The Balaban J connectivity index is 1.73. The van der Waals surface area contributed by atoms with Crippen molar-refractivity contribution in [3.63, 3.8) is 0 Å². The lowest BCUT2D eigenvalue weighted by Crippen LogP contribution is -2.26. The summed E-state index contributed by atoms with van der Waals surface area (Å²) >= 11 is 0. The molecule has 1 fully saturated rings. The van der Waals surface area contributed by atoms with Crippen molar-refractivity contribution in [2.75, 3.05) is 31.5 Å². The molecule has 0 unspecified atom stereocenters. The molecule has 1 aliphatic rings. The number of nitrogens with one attached hydrogen (secondary N) is 1. The van der Waals surface area contributed by atoms with Crippen molar-refractivity contribution in [3.8, 4) is 0 Å². The smallest absolute Gasteiger partial charge is 0.202 e. The van der Waals surface area contributed by atoms with E-state index in [1.54, 1.807) is 0 Å². The summed E-state index contributed by atoms with van der Waals surface area (Å²) in [5, 5.41) is 3.38. The molecule has 15 heavy (non-hydrogen) atoms. The number of rotatable bonds is 5. The van der Waals surface area contributed by atoms with Crippen LogP contribution in [0.25, 0.3) is 0 Å². The zero-order valence-electron chi connectivity index (χ0n) is 9.45. The maximum atomic E-state index is 4.28. The Bertz CT molecular complexity index is 289. The van der Waals surface area contributed by atoms with Gasteiger partial charge >= 0.3 is 0 Å². The summed E-state index contributed by atoms with van der Waals surface area (Å²) in [5.41, 5.74) is 0. The second kappa shape index (κ2) is 5.16. The van der Waals surface area contributed by atoms with E-state index in [-0.39, 0.29) is 0 Å². The molecular formula is C11H20N4. The van der Waals surface area contributed by atoms with Crippen LogP contribution in [0.4, 0.5) is 5.95 Å². The molecule has 2 heterocycles. The number of nitrogens with zero attached hydrogens (tertiary/aromatic N) is 3. The van der Waals surface area contributed by atoms with Gasteiger partial charge in [0.05, 0.1) is 0 Å². The SMILES string of the molecule is CCn1ccnc1NCCN1CCCC1. The number of aryl methyl sites for hydroxylation is 1. The highest BCUT2D eigenvalue weighted by Crippen LogP contribution is 2.07. The molecule has 1 N–H and O–H groups in total. The molecule has 4 nitrogen and oxygen atoms in total. The molecule has 1 aromatic rings. The van der Waals surface area contributed by atoms with Gasteiger partial charge in [-0.3, -0.25) is 0 Å². The van der Waals surface area contributed by atoms with Gasteiger partial charge in [-0.05, 0) is 32.9 Å². The van der Waals surface area contributed by atoms with E-state index in [0.29, 0.717) is 0 Å². The first-order chi connectivity index (χ1) is 7.40. The fraction of sp³-hybridized carbons (Fsp3) is 0.727. The summed E-state index contributed by atoms with van der Waals surface area (Å²) in [6.45, 7) is 7.78. The van der Waals surface area contributed by atoms with E-state index in [1.165, 1.54) is 25.9 Å². The van der Waals surface area contributed by atoms with Gasteiger partial charge in [0, 0.05) is 32.0 Å². The van der Waals surface area contributed by atoms with Crippen LogP contribution in [0.5, 0.6) is 0 Å². The van der Waals surface area contributed by atoms with E-state index >= 15 is 0 Å². The first kappa shape index (κ1) is 10.5. The minimum Gasteiger partial charge on any atom is -0.354 e. The quantitative estimate of drug-likeness (QED) is 0.794. The molecule has 4 heteroatoms. The van der Waals surface area contributed by atoms with Gasteiger partial charge in [0.15, 0.2) is 0 Å². The van der Waals surface area contributed by atoms with Crippen molar-refractivity contribution in [3.05, 3.63) is 12.4 Å². The Morgan fingerprint density at radius 1 is 1.40 bits per heavy atom. The molecule has 1 saturated heterocycles. The summed E-state index contributed by atoms with van der Waals surface area (Å²) < 4.78 is 2.13. The molecule has 0 atom stereocenters. The number of hydrogen-bond acceptors (Lipinski definition) is 3. The fourth-order valence-corrected chi connectivity index (χ4v) is 2.06. The summed E-state index contributed by atoms with van der Waals surface area (Å²) in [6, 6.07) is 0. The normalized spacial score (nSPS) is 17.1. The molecule has 1 aliphatic heterocycles. The van der Waals surface area contributed by atoms with E-state index in [0.717, 1.165) is 25.6 Å². The zero-order valence-corrected chi connectivity index (χ0v) is 9.45. The van der Waals surface area contributed by atoms with Crippen molar-refractivity contribution in [1.82, 2.24) is 14.5 Å². The monoisotopic (exact) mass is 208 g/mol. The van der Waals surface area contributed by atoms with Gasteiger partial charge in [0.1, 0.15) is 0 Å². The number of hydrogen-bond donors (Lipinski definition) is 1. The van der Waals surface area contributed by atoms with Gasteiger partial charge in [-0.15, -0.1) is 0 Å². The lowest BCUT2D eigenvalue weighted by atomic mass is 10.4. The number of likely N-dealkylation sites (tertiary alicyclic amines) is 1. The highest BCUT2D eigenvalue weighted by molar-refractivity contribution is 5.25. The predicted octanol–water partition coefficient (Wildman–Crippen LogP) is 1.41. The van der Waals surface area contributed by atoms with Crippen LogP contribution < -0.4 is 5.32 Å². The third kappa shape index (κ3) is 2.72. The maximum Gasteiger partial charge on any atom is 0.202 e. The summed E-state index contributed by atoms with van der Waals surface area (Å²) in [6.07, 6.45) is 6.59. The molecule has 1 aromatic heterocycles. The van der Waals surface area contributed by atoms with E-state index in [1.807, 2.05) is 12.4 Å². The molecule has 0 saturated carbocycles. The number of aromatic nitrogens is 2. The van der Waals surface area contributed by atoms with Crippen LogP contribution in [0, 0.1) is 0 Å². The molecule has 0 spiro atoms. The van der Waals surface area contributed by atoms with Gasteiger partial charge in [0.25, 0.3) is 0 Å². The average Bonchev–Trinajstić information content (AvgIpc) is 2.88. The van der Waals surface area contributed by atoms with Crippen LogP contribution >= 0.6 is 0 Å². The summed E-state index contributed by atoms with van der Waals surface area (Å²) in [4.78, 5) is 6.79. The lowest BCUT2D eigenvalue weighted by Gasteiger charge is -2.15. The van der Waals surface area contributed by atoms with Crippen LogP contribution in [-0.4, -0.2) is 40.6 Å². The third-order valence-electron chi connectivity index (χ3n) is 2.97. The van der Waals surface area contributed by atoms with Crippen molar-refractivity contribution in [2.24, 2.45) is 0 Å². The first-order valence-electron chi connectivity index (χ1n) is 5.87. The summed E-state index contributed by atoms with van der Waals surface area (Å²) in [7, 11) is 0. The Morgan fingerprint density at radius 3 is 2.93 bits per heavy atom. The highest BCUT2D eigenvalue weighted by atomic mass is 15.2. The minimum absolute atomic E-state index is 0.978. The van der Waals surface area contributed by atoms with Crippen LogP contribution in [0.15, 0.2) is 12.4 Å². The van der Waals surface area contributed by atoms with Gasteiger partial charge in [-0.25, -0.2) is 4.98 Å². The molecule has 2 rings (SSSR count).